The van der Waals surface area contributed by atoms with Gasteiger partial charge in [-0.25, -0.2) is 0 Å². The van der Waals surface area contributed by atoms with E-state index < -0.39 is 11.5 Å². The van der Waals surface area contributed by atoms with Gasteiger partial charge in [-0.2, -0.15) is 11.8 Å². The van der Waals surface area contributed by atoms with E-state index in [1.807, 2.05) is 11.8 Å². The first-order valence-electron chi connectivity index (χ1n) is 5.32. The summed E-state index contributed by atoms with van der Waals surface area (Å²) in [5, 5.41) is 12.6. The molecule has 1 unspecified atom stereocenters. The van der Waals surface area contributed by atoms with E-state index in [4.69, 9.17) is 0 Å². The summed E-state index contributed by atoms with van der Waals surface area (Å²) in [6.45, 7) is 0.871. The summed E-state index contributed by atoms with van der Waals surface area (Å²) in [5.41, 5.74) is -0.582. The molecule has 3 nitrogen and oxygen atoms in total. The van der Waals surface area contributed by atoms with Crippen molar-refractivity contribution in [3.05, 3.63) is 0 Å². The normalized spacial score (nSPS) is 34.6. The van der Waals surface area contributed by atoms with Crippen LogP contribution in [0.5, 0.6) is 0 Å². The van der Waals surface area contributed by atoms with Crippen LogP contribution in [0, 0.1) is 5.92 Å². The lowest BCUT2D eigenvalue weighted by Gasteiger charge is -2.36. The van der Waals surface area contributed by atoms with Crippen LogP contribution in [0.4, 0.5) is 0 Å². The molecular formula is C10H17NO2S. The number of carbonyl (C=O) groups is 1. The molecule has 0 saturated carbocycles. The first-order valence-corrected chi connectivity index (χ1v) is 6.47. The number of aliphatic carboxylic acids is 1. The van der Waals surface area contributed by atoms with Gasteiger partial charge < -0.3 is 10.4 Å². The van der Waals surface area contributed by atoms with Crippen molar-refractivity contribution in [2.45, 2.75) is 31.2 Å². The van der Waals surface area contributed by atoms with Crippen LogP contribution in [0.1, 0.15) is 25.7 Å². The molecule has 0 spiro atoms. The van der Waals surface area contributed by atoms with E-state index in [0.717, 1.165) is 43.7 Å². The van der Waals surface area contributed by atoms with Gasteiger partial charge in [-0.15, -0.1) is 0 Å². The number of nitrogens with one attached hydrogen (secondary N) is 1. The van der Waals surface area contributed by atoms with Crippen molar-refractivity contribution in [1.29, 1.82) is 0 Å². The van der Waals surface area contributed by atoms with Crippen LogP contribution in [-0.4, -0.2) is 34.7 Å². The molecule has 14 heavy (non-hydrogen) atoms. The van der Waals surface area contributed by atoms with Crippen molar-refractivity contribution in [1.82, 2.24) is 5.32 Å². The molecule has 2 aliphatic heterocycles. The summed E-state index contributed by atoms with van der Waals surface area (Å²) >= 11 is 1.95. The number of hydrogen-bond donors (Lipinski definition) is 2. The van der Waals surface area contributed by atoms with E-state index in [2.05, 4.69) is 5.32 Å². The predicted molar refractivity (Wildman–Crippen MR) is 57.7 cm³/mol. The molecule has 80 valence electrons. The van der Waals surface area contributed by atoms with Crippen LogP contribution in [0.25, 0.3) is 0 Å². The van der Waals surface area contributed by atoms with E-state index in [-0.39, 0.29) is 0 Å². The standard InChI is InChI=1S/C10H17NO2S/c12-9(13)10(4-1-5-11-10)8-2-6-14-7-3-8/h8,11H,1-7H2,(H,12,13). The summed E-state index contributed by atoms with van der Waals surface area (Å²) in [6, 6.07) is 0. The van der Waals surface area contributed by atoms with E-state index >= 15 is 0 Å². The summed E-state index contributed by atoms with van der Waals surface area (Å²) in [6.07, 6.45) is 3.95. The molecular weight excluding hydrogens is 198 g/mol. The molecule has 2 rings (SSSR count). The summed E-state index contributed by atoms with van der Waals surface area (Å²) in [7, 11) is 0. The Morgan fingerprint density at radius 2 is 2.14 bits per heavy atom. The number of hydrogen-bond acceptors (Lipinski definition) is 3. The van der Waals surface area contributed by atoms with E-state index in [9.17, 15) is 9.90 Å². The maximum Gasteiger partial charge on any atom is 0.324 e. The summed E-state index contributed by atoms with van der Waals surface area (Å²) in [5.74, 6) is 1.97. The van der Waals surface area contributed by atoms with Crippen LogP contribution >= 0.6 is 11.8 Å². The minimum Gasteiger partial charge on any atom is -0.480 e. The Morgan fingerprint density at radius 3 is 2.64 bits per heavy atom. The second kappa shape index (κ2) is 4.11. The predicted octanol–water partition coefficient (Wildman–Crippen LogP) is 1.34. The monoisotopic (exact) mass is 215 g/mol. The molecule has 0 aromatic rings. The third kappa shape index (κ3) is 1.65. The van der Waals surface area contributed by atoms with Gasteiger partial charge in [0.05, 0.1) is 0 Å². The van der Waals surface area contributed by atoms with Crippen molar-refractivity contribution in [3.63, 3.8) is 0 Å². The Hall–Kier alpha value is -0.220. The molecule has 2 saturated heterocycles. The van der Waals surface area contributed by atoms with Gasteiger partial charge in [-0.05, 0) is 49.7 Å². The molecule has 0 aromatic heterocycles. The SMILES string of the molecule is O=C(O)C1(C2CCSCC2)CCCN1. The third-order valence-electron chi connectivity index (χ3n) is 3.49. The Kier molecular flexibility index (Phi) is 3.02. The van der Waals surface area contributed by atoms with Crippen LogP contribution in [-0.2, 0) is 4.79 Å². The highest BCUT2D eigenvalue weighted by Gasteiger charge is 2.47. The molecule has 2 fully saturated rings. The quantitative estimate of drug-likeness (QED) is 0.730. The summed E-state index contributed by atoms with van der Waals surface area (Å²) < 4.78 is 0. The number of rotatable bonds is 2. The molecule has 0 aromatic carbocycles. The van der Waals surface area contributed by atoms with Gasteiger partial charge in [0.1, 0.15) is 5.54 Å². The first kappa shape index (κ1) is 10.3. The van der Waals surface area contributed by atoms with Crippen molar-refractivity contribution in [3.8, 4) is 0 Å². The molecule has 2 N–H and O–H groups in total. The average molecular weight is 215 g/mol. The van der Waals surface area contributed by atoms with Gasteiger partial charge in [-0.3, -0.25) is 4.79 Å². The van der Waals surface area contributed by atoms with Gasteiger partial charge in [0, 0.05) is 0 Å². The molecule has 0 amide bonds. The number of carboxylic acids is 1. The molecule has 2 aliphatic rings. The molecule has 1 atom stereocenters. The van der Waals surface area contributed by atoms with Gasteiger partial charge in [-0.1, -0.05) is 0 Å². The maximum absolute atomic E-state index is 11.4. The number of thioether (sulfide) groups is 1. The average Bonchev–Trinajstić information content (AvgIpc) is 2.69. The fourth-order valence-electron chi connectivity index (χ4n) is 2.66. The van der Waals surface area contributed by atoms with Crippen molar-refractivity contribution >= 4 is 17.7 Å². The van der Waals surface area contributed by atoms with E-state index in [1.54, 1.807) is 0 Å². The lowest BCUT2D eigenvalue weighted by atomic mass is 9.79. The smallest absolute Gasteiger partial charge is 0.324 e. The fraction of sp³-hybridized carbons (Fsp3) is 0.900. The molecule has 0 aliphatic carbocycles. The Balaban J connectivity index is 2.12. The summed E-state index contributed by atoms with van der Waals surface area (Å²) in [4.78, 5) is 11.4. The van der Waals surface area contributed by atoms with Crippen LogP contribution in [0.2, 0.25) is 0 Å². The largest absolute Gasteiger partial charge is 0.480 e. The van der Waals surface area contributed by atoms with Crippen LogP contribution < -0.4 is 5.32 Å². The highest BCUT2D eigenvalue weighted by Crippen LogP contribution is 2.37. The number of carboxylic acid groups (broad SMARTS) is 1. The second-order valence-electron chi connectivity index (χ2n) is 4.19. The van der Waals surface area contributed by atoms with Gasteiger partial charge >= 0.3 is 5.97 Å². The van der Waals surface area contributed by atoms with Crippen molar-refractivity contribution < 1.29 is 9.90 Å². The minimum atomic E-state index is -0.633. The highest BCUT2D eigenvalue weighted by molar-refractivity contribution is 7.99. The fourth-order valence-corrected chi connectivity index (χ4v) is 3.77. The van der Waals surface area contributed by atoms with Crippen molar-refractivity contribution in [2.24, 2.45) is 5.92 Å². The van der Waals surface area contributed by atoms with Gasteiger partial charge in [0.25, 0.3) is 0 Å². The lowest BCUT2D eigenvalue weighted by molar-refractivity contribution is -0.147. The van der Waals surface area contributed by atoms with Gasteiger partial charge in [0.15, 0.2) is 0 Å². The lowest BCUT2D eigenvalue weighted by Crippen LogP contribution is -2.54. The second-order valence-corrected chi connectivity index (χ2v) is 5.42. The zero-order valence-corrected chi connectivity index (χ0v) is 9.11. The molecule has 2 heterocycles. The molecule has 4 heteroatoms. The maximum atomic E-state index is 11.4. The van der Waals surface area contributed by atoms with E-state index in [1.165, 1.54) is 0 Å². The topological polar surface area (TPSA) is 49.3 Å². The minimum absolute atomic E-state index is 0.351. The molecule has 0 radical (unpaired) electrons. The van der Waals surface area contributed by atoms with Crippen LogP contribution in [0.15, 0.2) is 0 Å². The van der Waals surface area contributed by atoms with Gasteiger partial charge in [0.2, 0.25) is 0 Å². The highest BCUT2D eigenvalue weighted by atomic mass is 32.2. The zero-order chi connectivity index (χ0) is 10.0. The Bertz CT molecular complexity index is 220. The first-order chi connectivity index (χ1) is 6.76. The van der Waals surface area contributed by atoms with Crippen LogP contribution in [0.3, 0.4) is 0 Å². The Morgan fingerprint density at radius 1 is 1.43 bits per heavy atom. The van der Waals surface area contributed by atoms with Crippen molar-refractivity contribution in [2.75, 3.05) is 18.1 Å². The van der Waals surface area contributed by atoms with E-state index in [0.29, 0.717) is 5.92 Å². The Labute approximate surface area is 88.6 Å². The molecule has 0 bridgehead atoms. The zero-order valence-electron chi connectivity index (χ0n) is 8.29. The third-order valence-corrected chi connectivity index (χ3v) is 4.54.